The van der Waals surface area contributed by atoms with Crippen LogP contribution in [0.4, 0.5) is 23.2 Å². The smallest absolute Gasteiger partial charge is 0.156 e. The Balaban J connectivity index is 0.00000267. The van der Waals surface area contributed by atoms with Gasteiger partial charge in [0.25, 0.3) is 0 Å². The normalized spacial score (nSPS) is 20.2. The van der Waals surface area contributed by atoms with Gasteiger partial charge in [-0.15, -0.1) is 0 Å². The molecule has 4 unspecified atom stereocenters. The summed E-state index contributed by atoms with van der Waals surface area (Å²) in [6.07, 6.45) is 3.76. The van der Waals surface area contributed by atoms with E-state index in [0.29, 0.717) is 16.6 Å². The van der Waals surface area contributed by atoms with Crippen molar-refractivity contribution in [1.29, 1.82) is 0 Å². The number of fused-ring (bicyclic) bond motifs is 1. The molecule has 0 bridgehead atoms. The molecule has 0 radical (unpaired) electrons. The third kappa shape index (κ3) is 5.67. The molecule has 0 aliphatic heterocycles. The number of pyridine rings is 1. The molecular weight excluding hydrogens is 510 g/mol. The van der Waals surface area contributed by atoms with Gasteiger partial charge < -0.3 is 19.2 Å². The maximum absolute atomic E-state index is 15.3. The van der Waals surface area contributed by atoms with Crippen molar-refractivity contribution in [2.45, 2.75) is 39.2 Å². The standard InChI is InChI=1S/C26H27F4N3O3S.2H2/c1-14-7-17(28)9-23(25(14)35-3)37(4,34)33-22-6-5-21(29)20(24(22)30)13-36-18-10-19-16(8-15(2)27)11-31-26(19)32-12-18;;/h5-7,9-12,14-15,25H,4,8,13H2,1-3H3,(H,31,32)(H,33,34);2*1H. The number of benzene rings is 1. The van der Waals surface area contributed by atoms with E-state index >= 15 is 4.39 Å². The summed E-state index contributed by atoms with van der Waals surface area (Å²) in [5.74, 6) is 0.908. The maximum Gasteiger partial charge on any atom is 0.156 e. The van der Waals surface area contributed by atoms with Gasteiger partial charge in [0, 0.05) is 33.9 Å². The summed E-state index contributed by atoms with van der Waals surface area (Å²) in [5.41, 5.74) is 0.511. The molecule has 4 rings (SSSR count). The van der Waals surface area contributed by atoms with E-state index in [2.05, 4.69) is 20.6 Å². The van der Waals surface area contributed by atoms with Crippen LogP contribution < -0.4 is 9.46 Å². The monoisotopic (exact) mass is 541 g/mol. The molecule has 6 nitrogen and oxygen atoms in total. The summed E-state index contributed by atoms with van der Waals surface area (Å²) in [4.78, 5) is 7.18. The van der Waals surface area contributed by atoms with Gasteiger partial charge >= 0.3 is 0 Å². The van der Waals surface area contributed by atoms with Gasteiger partial charge in [0.15, 0.2) is 5.82 Å². The summed E-state index contributed by atoms with van der Waals surface area (Å²) in [6, 6.07) is 3.69. The Morgan fingerprint density at radius 1 is 1.32 bits per heavy atom. The van der Waals surface area contributed by atoms with Crippen LogP contribution >= 0.6 is 0 Å². The Kier molecular flexibility index (Phi) is 7.65. The SMILES string of the molecule is C=S(=O)(Nc1ccc(F)c(COc2cnc3[nH]cc(CC(C)F)c3c2)c1F)C1=CC(F)=CC(C)C1OC.[HH].[HH]. The first kappa shape index (κ1) is 26.7. The topological polar surface area (TPSA) is 76.2 Å². The number of halogens is 4. The van der Waals surface area contributed by atoms with Crippen molar-refractivity contribution < 1.29 is 34.1 Å². The first-order valence-electron chi connectivity index (χ1n) is 11.5. The zero-order valence-corrected chi connectivity index (χ0v) is 21.3. The third-order valence-electron chi connectivity index (χ3n) is 6.03. The lowest BCUT2D eigenvalue weighted by Crippen LogP contribution is -2.31. The maximum atomic E-state index is 15.3. The van der Waals surface area contributed by atoms with Crippen LogP contribution in [0, 0.1) is 17.6 Å². The number of H-pyrrole nitrogens is 1. The van der Waals surface area contributed by atoms with Crippen LogP contribution in [0.1, 0.15) is 27.8 Å². The van der Waals surface area contributed by atoms with Crippen LogP contribution in [0.3, 0.4) is 0 Å². The van der Waals surface area contributed by atoms with Crippen molar-refractivity contribution in [1.82, 2.24) is 9.97 Å². The highest BCUT2D eigenvalue weighted by molar-refractivity contribution is 8.05. The number of alkyl halides is 1. The van der Waals surface area contributed by atoms with E-state index in [0.717, 1.165) is 18.2 Å². The molecule has 202 valence electrons. The average molecular weight is 542 g/mol. The number of allylic oxidation sites excluding steroid dienone is 2. The zero-order chi connectivity index (χ0) is 26.9. The van der Waals surface area contributed by atoms with E-state index < -0.39 is 57.5 Å². The summed E-state index contributed by atoms with van der Waals surface area (Å²) >= 11 is 0. The minimum Gasteiger partial charge on any atom is -0.487 e. The van der Waals surface area contributed by atoms with Gasteiger partial charge in [-0.1, -0.05) is 6.92 Å². The summed E-state index contributed by atoms with van der Waals surface area (Å²) in [5, 5.41) is 0.638. The second-order valence-electron chi connectivity index (χ2n) is 8.93. The van der Waals surface area contributed by atoms with Crippen molar-refractivity contribution in [2.24, 2.45) is 5.92 Å². The summed E-state index contributed by atoms with van der Waals surface area (Å²) in [6.45, 7) is 2.62. The number of hydrogen-bond donors (Lipinski definition) is 2. The molecule has 37 heavy (non-hydrogen) atoms. The van der Waals surface area contributed by atoms with Crippen LogP contribution in [0.15, 0.2) is 53.5 Å². The number of ether oxygens (including phenoxy) is 2. The highest BCUT2D eigenvalue weighted by atomic mass is 32.2. The van der Waals surface area contributed by atoms with E-state index in [9.17, 15) is 17.4 Å². The van der Waals surface area contributed by atoms with E-state index in [4.69, 9.17) is 9.47 Å². The lowest BCUT2D eigenvalue weighted by molar-refractivity contribution is 0.107. The number of methoxy groups -OCH3 is 1. The highest BCUT2D eigenvalue weighted by Gasteiger charge is 2.31. The quantitative estimate of drug-likeness (QED) is 0.248. The van der Waals surface area contributed by atoms with Crippen LogP contribution in [-0.2, 0) is 27.5 Å². The number of anilines is 1. The van der Waals surface area contributed by atoms with Gasteiger partial charge in [0.1, 0.15) is 35.8 Å². The number of rotatable bonds is 9. The Labute approximate surface area is 215 Å². The first-order chi connectivity index (χ1) is 17.5. The number of aromatic amines is 1. The van der Waals surface area contributed by atoms with Crippen molar-refractivity contribution >= 4 is 32.3 Å². The average Bonchev–Trinajstić information content (AvgIpc) is 3.21. The Morgan fingerprint density at radius 2 is 2.08 bits per heavy atom. The predicted octanol–water partition coefficient (Wildman–Crippen LogP) is 6.26. The minimum atomic E-state index is -3.46. The predicted molar refractivity (Wildman–Crippen MR) is 141 cm³/mol. The number of aromatic nitrogens is 2. The van der Waals surface area contributed by atoms with E-state index in [1.165, 1.54) is 26.3 Å². The lowest BCUT2D eigenvalue weighted by atomic mass is 9.99. The molecule has 0 spiro atoms. The molecule has 2 aromatic heterocycles. The molecule has 1 aromatic carbocycles. The largest absolute Gasteiger partial charge is 0.487 e. The van der Waals surface area contributed by atoms with Crippen molar-refractivity contribution in [2.75, 3.05) is 11.8 Å². The Hall–Kier alpha value is -3.31. The van der Waals surface area contributed by atoms with Gasteiger partial charge in [0.05, 0.1) is 38.2 Å². The second-order valence-corrected chi connectivity index (χ2v) is 11.0. The molecule has 1 aliphatic carbocycles. The molecule has 4 atom stereocenters. The van der Waals surface area contributed by atoms with Gasteiger partial charge in [-0.25, -0.2) is 26.8 Å². The van der Waals surface area contributed by atoms with Gasteiger partial charge in [0.2, 0.25) is 0 Å². The van der Waals surface area contributed by atoms with Crippen LogP contribution in [0.2, 0.25) is 0 Å². The minimum absolute atomic E-state index is 0. The molecule has 3 aromatic rings. The van der Waals surface area contributed by atoms with Gasteiger partial charge in [-0.3, -0.25) is 0 Å². The fraction of sp³-hybridized carbons (Fsp3) is 0.308. The molecule has 0 fully saturated rings. The van der Waals surface area contributed by atoms with E-state index in [-0.39, 0.29) is 25.6 Å². The van der Waals surface area contributed by atoms with Gasteiger partial charge in [-0.05, 0) is 48.7 Å². The number of hydrogen-bond acceptors (Lipinski definition) is 4. The molecule has 0 saturated carbocycles. The highest BCUT2D eigenvalue weighted by Crippen LogP contribution is 2.32. The van der Waals surface area contributed by atoms with E-state index in [1.807, 2.05) is 0 Å². The van der Waals surface area contributed by atoms with Crippen molar-refractivity contribution in [3.8, 4) is 5.75 Å². The van der Waals surface area contributed by atoms with E-state index in [1.54, 1.807) is 19.2 Å². The summed E-state index contributed by atoms with van der Waals surface area (Å²) < 4.78 is 84.3. The van der Waals surface area contributed by atoms with Crippen LogP contribution in [-0.4, -0.2) is 39.4 Å². The van der Waals surface area contributed by atoms with Crippen molar-refractivity contribution in [3.05, 3.63) is 76.2 Å². The van der Waals surface area contributed by atoms with Gasteiger partial charge in [-0.2, -0.15) is 0 Å². The Bertz CT molecular complexity index is 1490. The third-order valence-corrected chi connectivity index (χ3v) is 7.69. The van der Waals surface area contributed by atoms with Crippen LogP contribution in [0.5, 0.6) is 5.75 Å². The zero-order valence-electron chi connectivity index (χ0n) is 20.5. The first-order valence-corrected chi connectivity index (χ1v) is 13.2. The fourth-order valence-corrected chi connectivity index (χ4v) is 5.89. The number of nitrogens with zero attached hydrogens (tertiary/aromatic N) is 1. The summed E-state index contributed by atoms with van der Waals surface area (Å²) in [7, 11) is -2.07. The molecule has 0 saturated heterocycles. The molecular formula is C26H31F4N3O3S. The lowest BCUT2D eigenvalue weighted by Gasteiger charge is -2.29. The van der Waals surface area contributed by atoms with Crippen LogP contribution in [0.25, 0.3) is 11.0 Å². The molecule has 11 heteroatoms. The molecule has 2 N–H and O–H groups in total. The second kappa shape index (κ2) is 10.6. The number of nitrogens with one attached hydrogen (secondary N) is 2. The Morgan fingerprint density at radius 3 is 2.78 bits per heavy atom. The van der Waals surface area contributed by atoms with Crippen molar-refractivity contribution in [3.63, 3.8) is 0 Å². The molecule has 1 aliphatic rings. The molecule has 2 heterocycles. The fourth-order valence-electron chi connectivity index (χ4n) is 4.27. The molecule has 0 amide bonds.